The van der Waals surface area contributed by atoms with Crippen LogP contribution in [0.25, 0.3) is 0 Å². The molecule has 1 aromatic rings. The molecule has 21 heavy (non-hydrogen) atoms. The van der Waals surface area contributed by atoms with E-state index in [1.165, 1.54) is 0 Å². The third kappa shape index (κ3) is 5.02. The topological polar surface area (TPSA) is 67.8 Å². The molecule has 1 aliphatic rings. The fourth-order valence-corrected chi connectivity index (χ4v) is 2.52. The van der Waals surface area contributed by atoms with Gasteiger partial charge in [-0.25, -0.2) is 0 Å². The van der Waals surface area contributed by atoms with Crippen molar-refractivity contribution in [2.75, 3.05) is 20.4 Å². The van der Waals surface area contributed by atoms with Crippen LogP contribution in [0.2, 0.25) is 0 Å². The van der Waals surface area contributed by atoms with Crippen molar-refractivity contribution in [3.63, 3.8) is 0 Å². The van der Waals surface area contributed by atoms with Crippen LogP contribution < -0.4 is 10.1 Å². The molecule has 0 spiro atoms. The van der Waals surface area contributed by atoms with Crippen molar-refractivity contribution < 1.29 is 19.4 Å². The standard InChI is InChI=1S/C16H23NO4/c1-20-11-21-15-8-4-13(5-9-15)16(19)17-10-12-2-6-14(18)7-3-12/h4-5,8-9,12,14,18H,2-3,6-7,10-11H2,1H3,(H,17,19)/t12-,14-. The van der Waals surface area contributed by atoms with Crippen LogP contribution in [-0.2, 0) is 4.74 Å². The third-order valence-corrected chi connectivity index (χ3v) is 3.83. The Bertz CT molecular complexity index is 438. The normalized spacial score (nSPS) is 21.8. The minimum atomic E-state index is -0.156. The quantitative estimate of drug-likeness (QED) is 0.787. The number of nitrogens with one attached hydrogen (secondary N) is 1. The first-order chi connectivity index (χ1) is 10.2. The van der Waals surface area contributed by atoms with Gasteiger partial charge in [0.25, 0.3) is 5.91 Å². The van der Waals surface area contributed by atoms with Crippen molar-refractivity contribution in [2.45, 2.75) is 31.8 Å². The number of benzene rings is 1. The number of carbonyl (C=O) groups is 1. The smallest absolute Gasteiger partial charge is 0.251 e. The molecule has 0 aliphatic heterocycles. The van der Waals surface area contributed by atoms with Crippen LogP contribution in [0.3, 0.4) is 0 Å². The zero-order valence-electron chi connectivity index (χ0n) is 12.4. The number of rotatable bonds is 6. The van der Waals surface area contributed by atoms with Crippen LogP contribution in [0.5, 0.6) is 5.75 Å². The number of methoxy groups -OCH3 is 1. The van der Waals surface area contributed by atoms with Crippen molar-refractivity contribution in [3.8, 4) is 5.75 Å². The van der Waals surface area contributed by atoms with Gasteiger partial charge in [-0.3, -0.25) is 4.79 Å². The van der Waals surface area contributed by atoms with Crippen LogP contribution in [0.1, 0.15) is 36.0 Å². The lowest BCUT2D eigenvalue weighted by molar-refractivity contribution is 0.0511. The molecule has 2 N–H and O–H groups in total. The summed E-state index contributed by atoms with van der Waals surface area (Å²) in [5, 5.41) is 12.4. The molecule has 0 atom stereocenters. The Labute approximate surface area is 125 Å². The third-order valence-electron chi connectivity index (χ3n) is 3.83. The number of amides is 1. The maximum atomic E-state index is 12.1. The largest absolute Gasteiger partial charge is 0.468 e. The zero-order chi connectivity index (χ0) is 15.1. The summed E-state index contributed by atoms with van der Waals surface area (Å²) in [6, 6.07) is 6.99. The van der Waals surface area contributed by atoms with Crippen LogP contribution in [0.4, 0.5) is 0 Å². The molecule has 116 valence electrons. The van der Waals surface area contributed by atoms with E-state index in [-0.39, 0.29) is 18.8 Å². The monoisotopic (exact) mass is 293 g/mol. The van der Waals surface area contributed by atoms with E-state index in [4.69, 9.17) is 9.47 Å². The lowest BCUT2D eigenvalue weighted by Crippen LogP contribution is -2.32. The summed E-state index contributed by atoms with van der Waals surface area (Å²) < 4.78 is 10.1. The lowest BCUT2D eigenvalue weighted by Gasteiger charge is -2.25. The Kier molecular flexibility index (Phi) is 6.02. The molecule has 5 heteroatoms. The van der Waals surface area contributed by atoms with Gasteiger partial charge in [-0.2, -0.15) is 0 Å². The van der Waals surface area contributed by atoms with E-state index in [2.05, 4.69) is 5.32 Å². The second-order valence-electron chi connectivity index (χ2n) is 5.46. The highest BCUT2D eigenvalue weighted by atomic mass is 16.7. The van der Waals surface area contributed by atoms with Crippen LogP contribution in [0.15, 0.2) is 24.3 Å². The lowest BCUT2D eigenvalue weighted by atomic mass is 9.87. The first-order valence-electron chi connectivity index (χ1n) is 7.37. The predicted molar refractivity (Wildman–Crippen MR) is 79.2 cm³/mol. The van der Waals surface area contributed by atoms with Crippen molar-refractivity contribution in [1.82, 2.24) is 5.32 Å². The average molecular weight is 293 g/mol. The maximum Gasteiger partial charge on any atom is 0.251 e. The molecule has 0 aromatic heterocycles. The number of ether oxygens (including phenoxy) is 2. The van der Waals surface area contributed by atoms with E-state index in [1.54, 1.807) is 31.4 Å². The van der Waals surface area contributed by atoms with Crippen LogP contribution in [-0.4, -0.2) is 37.6 Å². The van der Waals surface area contributed by atoms with Gasteiger partial charge in [-0.05, 0) is 55.9 Å². The number of hydrogen-bond acceptors (Lipinski definition) is 4. The molecule has 1 saturated carbocycles. The molecule has 2 rings (SSSR count). The zero-order valence-corrected chi connectivity index (χ0v) is 12.4. The molecule has 0 heterocycles. The highest BCUT2D eigenvalue weighted by molar-refractivity contribution is 5.94. The molecule has 1 aliphatic carbocycles. The molecule has 1 fully saturated rings. The first kappa shape index (κ1) is 15.8. The van der Waals surface area contributed by atoms with E-state index < -0.39 is 0 Å². The van der Waals surface area contributed by atoms with Gasteiger partial charge in [0.05, 0.1) is 6.10 Å². The average Bonchev–Trinajstić information content (AvgIpc) is 2.52. The number of aliphatic hydroxyl groups is 1. The SMILES string of the molecule is COCOc1ccc(C(=O)NC[C@H]2CC[C@H](O)CC2)cc1. The highest BCUT2D eigenvalue weighted by Crippen LogP contribution is 2.23. The Balaban J connectivity index is 1.77. The summed E-state index contributed by atoms with van der Waals surface area (Å²) >= 11 is 0. The van der Waals surface area contributed by atoms with E-state index in [1.807, 2.05) is 0 Å². The number of aliphatic hydroxyl groups excluding tert-OH is 1. The van der Waals surface area contributed by atoms with Crippen molar-refractivity contribution >= 4 is 5.91 Å². The second kappa shape index (κ2) is 8.00. The van der Waals surface area contributed by atoms with Crippen molar-refractivity contribution in [3.05, 3.63) is 29.8 Å². The fraction of sp³-hybridized carbons (Fsp3) is 0.562. The molecule has 0 radical (unpaired) electrons. The molecule has 0 bridgehead atoms. The van der Waals surface area contributed by atoms with Gasteiger partial charge in [-0.1, -0.05) is 0 Å². The Morgan fingerprint density at radius 3 is 2.52 bits per heavy atom. The van der Waals surface area contributed by atoms with E-state index in [9.17, 15) is 9.90 Å². The van der Waals surface area contributed by atoms with E-state index >= 15 is 0 Å². The van der Waals surface area contributed by atoms with Gasteiger partial charge in [0, 0.05) is 19.2 Å². The molecular weight excluding hydrogens is 270 g/mol. The molecule has 5 nitrogen and oxygen atoms in total. The van der Waals surface area contributed by atoms with Crippen LogP contribution in [0, 0.1) is 5.92 Å². The minimum Gasteiger partial charge on any atom is -0.468 e. The van der Waals surface area contributed by atoms with Gasteiger partial charge in [0.1, 0.15) is 5.75 Å². The summed E-state index contributed by atoms with van der Waals surface area (Å²) in [7, 11) is 1.56. The van der Waals surface area contributed by atoms with Gasteiger partial charge in [0.2, 0.25) is 0 Å². The fourth-order valence-electron chi connectivity index (χ4n) is 2.52. The first-order valence-corrected chi connectivity index (χ1v) is 7.37. The summed E-state index contributed by atoms with van der Waals surface area (Å²) in [6.45, 7) is 0.868. The summed E-state index contributed by atoms with van der Waals surface area (Å²) in [5.41, 5.74) is 0.621. The molecule has 1 amide bonds. The van der Waals surface area contributed by atoms with Gasteiger partial charge >= 0.3 is 0 Å². The maximum absolute atomic E-state index is 12.1. The number of carbonyl (C=O) groups excluding carboxylic acids is 1. The van der Waals surface area contributed by atoms with Crippen molar-refractivity contribution in [2.24, 2.45) is 5.92 Å². The van der Waals surface area contributed by atoms with Gasteiger partial charge in [-0.15, -0.1) is 0 Å². The summed E-state index contributed by atoms with van der Waals surface area (Å²) in [4.78, 5) is 12.1. The Hall–Kier alpha value is -1.59. The molecular formula is C16H23NO4. The van der Waals surface area contributed by atoms with Gasteiger partial charge in [0.15, 0.2) is 6.79 Å². The molecule has 1 aromatic carbocycles. The second-order valence-corrected chi connectivity index (χ2v) is 5.46. The van der Waals surface area contributed by atoms with Crippen LogP contribution >= 0.6 is 0 Å². The summed E-state index contributed by atoms with van der Waals surface area (Å²) in [6.07, 6.45) is 3.48. The van der Waals surface area contributed by atoms with E-state index in [0.717, 1.165) is 25.7 Å². The Morgan fingerprint density at radius 1 is 1.24 bits per heavy atom. The van der Waals surface area contributed by atoms with E-state index in [0.29, 0.717) is 23.8 Å². The Morgan fingerprint density at radius 2 is 1.90 bits per heavy atom. The number of hydrogen-bond donors (Lipinski definition) is 2. The molecule has 0 unspecified atom stereocenters. The van der Waals surface area contributed by atoms with Gasteiger partial charge < -0.3 is 19.9 Å². The van der Waals surface area contributed by atoms with Crippen molar-refractivity contribution in [1.29, 1.82) is 0 Å². The molecule has 0 saturated heterocycles. The minimum absolute atomic E-state index is 0.0700. The summed E-state index contributed by atoms with van der Waals surface area (Å²) in [5.74, 6) is 1.08. The predicted octanol–water partition coefficient (Wildman–Crippen LogP) is 1.95. The highest BCUT2D eigenvalue weighted by Gasteiger charge is 2.19.